The monoisotopic (exact) mass is 233 g/mol. The van der Waals surface area contributed by atoms with Crippen LogP contribution < -0.4 is 0 Å². The van der Waals surface area contributed by atoms with Crippen LogP contribution in [0.15, 0.2) is 30.6 Å². The maximum absolute atomic E-state index is 10.8. The summed E-state index contributed by atoms with van der Waals surface area (Å²) in [5, 5.41) is 10.9. The van der Waals surface area contributed by atoms with E-state index >= 15 is 0 Å². The minimum Gasteiger partial charge on any atom is -0.478 e. The van der Waals surface area contributed by atoms with E-state index in [1.165, 1.54) is 0 Å². The van der Waals surface area contributed by atoms with Crippen LogP contribution in [0.3, 0.4) is 0 Å². The molecule has 17 heavy (non-hydrogen) atoms. The summed E-state index contributed by atoms with van der Waals surface area (Å²) in [6, 6.07) is 5.17. The molecule has 0 bridgehead atoms. The van der Waals surface area contributed by atoms with Crippen molar-refractivity contribution in [2.45, 2.75) is 13.0 Å². The first kappa shape index (κ1) is 11.7. The molecule has 0 saturated carbocycles. The largest absolute Gasteiger partial charge is 0.478 e. The number of hydrogen-bond donors (Lipinski definition) is 1. The minimum absolute atomic E-state index is 0.326. The molecular weight excluding hydrogens is 218 g/mol. The van der Waals surface area contributed by atoms with Gasteiger partial charge in [-0.05, 0) is 23.9 Å². The maximum atomic E-state index is 10.8. The highest BCUT2D eigenvalue weighted by molar-refractivity contribution is 5.94. The van der Waals surface area contributed by atoms with Crippen molar-refractivity contribution in [3.8, 4) is 0 Å². The molecule has 0 spiro atoms. The second-order valence-corrected chi connectivity index (χ2v) is 3.99. The number of carbonyl (C=O) groups is 1. The number of ether oxygens (including phenoxy) is 1. The number of benzene rings is 1. The van der Waals surface area contributed by atoms with E-state index in [4.69, 9.17) is 9.84 Å². The van der Waals surface area contributed by atoms with Crippen LogP contribution in [0.1, 0.15) is 16.8 Å². The van der Waals surface area contributed by atoms with Gasteiger partial charge in [0.1, 0.15) is 0 Å². The van der Waals surface area contributed by atoms with Crippen LogP contribution in [-0.2, 0) is 11.3 Å². The van der Waals surface area contributed by atoms with Gasteiger partial charge in [0.2, 0.25) is 0 Å². The zero-order chi connectivity index (χ0) is 12.3. The molecule has 0 saturated heterocycles. The highest BCUT2D eigenvalue weighted by Crippen LogP contribution is 2.17. The number of aromatic nitrogens is 1. The van der Waals surface area contributed by atoms with Crippen LogP contribution >= 0.6 is 0 Å². The van der Waals surface area contributed by atoms with E-state index in [9.17, 15) is 4.79 Å². The first-order valence-corrected chi connectivity index (χ1v) is 5.52. The molecule has 0 unspecified atom stereocenters. The number of rotatable bonds is 5. The molecular formula is C13H15NO3. The standard InChI is InChI=1S/C13H15NO3/c1-17-6-2-5-14-8-11-4-3-10(13(15)16)7-12(11)9-14/h3-4,7-9H,2,5-6H2,1H3,(H,15,16). The summed E-state index contributed by atoms with van der Waals surface area (Å²) in [7, 11) is 1.69. The van der Waals surface area contributed by atoms with E-state index in [1.807, 2.05) is 18.5 Å². The molecule has 90 valence electrons. The summed E-state index contributed by atoms with van der Waals surface area (Å²) in [6.07, 6.45) is 4.94. The second-order valence-electron chi connectivity index (χ2n) is 3.99. The van der Waals surface area contributed by atoms with Crippen molar-refractivity contribution in [1.82, 2.24) is 4.57 Å². The molecule has 2 rings (SSSR count). The number of nitrogens with zero attached hydrogens (tertiary/aromatic N) is 1. The normalized spacial score (nSPS) is 10.9. The first-order valence-electron chi connectivity index (χ1n) is 5.52. The Kier molecular flexibility index (Phi) is 3.44. The van der Waals surface area contributed by atoms with Crippen LogP contribution in [0, 0.1) is 0 Å². The minimum atomic E-state index is -0.890. The van der Waals surface area contributed by atoms with Crippen LogP contribution in [0.4, 0.5) is 0 Å². The fourth-order valence-corrected chi connectivity index (χ4v) is 1.85. The van der Waals surface area contributed by atoms with Gasteiger partial charge in [0.05, 0.1) is 5.56 Å². The fraction of sp³-hybridized carbons (Fsp3) is 0.308. The molecule has 0 aliphatic heterocycles. The summed E-state index contributed by atoms with van der Waals surface area (Å²) in [5.41, 5.74) is 0.326. The molecule has 0 amide bonds. The smallest absolute Gasteiger partial charge is 0.335 e. The van der Waals surface area contributed by atoms with Gasteiger partial charge in [0.15, 0.2) is 0 Å². The molecule has 4 heteroatoms. The summed E-state index contributed by atoms with van der Waals surface area (Å²) in [6.45, 7) is 1.61. The van der Waals surface area contributed by atoms with Gasteiger partial charge in [-0.15, -0.1) is 0 Å². The maximum Gasteiger partial charge on any atom is 0.335 e. The summed E-state index contributed by atoms with van der Waals surface area (Å²) < 4.78 is 7.06. The number of methoxy groups -OCH3 is 1. The third-order valence-corrected chi connectivity index (χ3v) is 2.71. The van der Waals surface area contributed by atoms with Gasteiger partial charge in [0.25, 0.3) is 0 Å². The molecule has 0 fully saturated rings. The topological polar surface area (TPSA) is 51.5 Å². The quantitative estimate of drug-likeness (QED) is 0.807. The molecule has 0 aliphatic carbocycles. The number of carboxylic acid groups (broad SMARTS) is 1. The zero-order valence-electron chi connectivity index (χ0n) is 9.72. The SMILES string of the molecule is COCCCn1cc2ccc(C(=O)O)cc2c1. The van der Waals surface area contributed by atoms with Gasteiger partial charge in [-0.1, -0.05) is 6.07 Å². The Balaban J connectivity index is 2.21. The van der Waals surface area contributed by atoms with E-state index < -0.39 is 5.97 Å². The Labute approximate surface area is 99.4 Å². The Morgan fingerprint density at radius 1 is 1.35 bits per heavy atom. The molecule has 4 nitrogen and oxygen atoms in total. The highest BCUT2D eigenvalue weighted by Gasteiger charge is 2.05. The third-order valence-electron chi connectivity index (χ3n) is 2.71. The van der Waals surface area contributed by atoms with Crippen LogP contribution in [0.5, 0.6) is 0 Å². The van der Waals surface area contributed by atoms with E-state index in [2.05, 4.69) is 4.57 Å². The average molecular weight is 233 g/mol. The molecule has 1 heterocycles. The first-order chi connectivity index (χ1) is 8.20. The number of aryl methyl sites for hydroxylation is 1. The van der Waals surface area contributed by atoms with Crippen LogP contribution in [0.25, 0.3) is 10.8 Å². The van der Waals surface area contributed by atoms with E-state index in [0.29, 0.717) is 5.56 Å². The van der Waals surface area contributed by atoms with Crippen molar-refractivity contribution >= 4 is 16.7 Å². The summed E-state index contributed by atoms with van der Waals surface area (Å²) in [4.78, 5) is 10.8. The lowest BCUT2D eigenvalue weighted by molar-refractivity contribution is 0.0697. The second kappa shape index (κ2) is 5.01. The van der Waals surface area contributed by atoms with Crippen LogP contribution in [0.2, 0.25) is 0 Å². The lowest BCUT2D eigenvalue weighted by Gasteiger charge is -2.00. The lowest BCUT2D eigenvalue weighted by Crippen LogP contribution is -1.98. The van der Waals surface area contributed by atoms with Gasteiger partial charge in [-0.25, -0.2) is 4.79 Å². The van der Waals surface area contributed by atoms with Crippen molar-refractivity contribution in [3.05, 3.63) is 36.2 Å². The number of aromatic carboxylic acids is 1. The molecule has 0 atom stereocenters. The molecule has 0 aliphatic rings. The van der Waals surface area contributed by atoms with Crippen molar-refractivity contribution in [1.29, 1.82) is 0 Å². The van der Waals surface area contributed by atoms with Gasteiger partial charge in [-0.2, -0.15) is 0 Å². The van der Waals surface area contributed by atoms with Crippen molar-refractivity contribution in [2.75, 3.05) is 13.7 Å². The molecule has 1 N–H and O–H groups in total. The molecule has 1 aromatic heterocycles. The van der Waals surface area contributed by atoms with Crippen molar-refractivity contribution in [3.63, 3.8) is 0 Å². The average Bonchev–Trinajstić information content (AvgIpc) is 2.70. The molecule has 2 aromatic rings. The lowest BCUT2D eigenvalue weighted by atomic mass is 10.1. The summed E-state index contributed by atoms with van der Waals surface area (Å²) >= 11 is 0. The van der Waals surface area contributed by atoms with Gasteiger partial charge in [-0.3, -0.25) is 0 Å². The van der Waals surface area contributed by atoms with E-state index in [0.717, 1.165) is 30.3 Å². The van der Waals surface area contributed by atoms with Crippen LogP contribution in [-0.4, -0.2) is 29.4 Å². The predicted molar refractivity (Wildman–Crippen MR) is 65.4 cm³/mol. The van der Waals surface area contributed by atoms with Crippen molar-refractivity contribution < 1.29 is 14.6 Å². The van der Waals surface area contributed by atoms with Crippen molar-refractivity contribution in [2.24, 2.45) is 0 Å². The number of fused-ring (bicyclic) bond motifs is 1. The van der Waals surface area contributed by atoms with E-state index in [-0.39, 0.29) is 0 Å². The van der Waals surface area contributed by atoms with E-state index in [1.54, 1.807) is 19.2 Å². The van der Waals surface area contributed by atoms with Gasteiger partial charge < -0.3 is 14.4 Å². The Bertz CT molecular complexity index is 530. The summed E-state index contributed by atoms with van der Waals surface area (Å²) in [5.74, 6) is -0.890. The predicted octanol–water partition coefficient (Wildman–Crippen LogP) is 2.38. The third kappa shape index (κ3) is 2.65. The Morgan fingerprint density at radius 3 is 2.82 bits per heavy atom. The fourth-order valence-electron chi connectivity index (χ4n) is 1.85. The van der Waals surface area contributed by atoms with Gasteiger partial charge >= 0.3 is 5.97 Å². The number of hydrogen-bond acceptors (Lipinski definition) is 2. The molecule has 1 aromatic carbocycles. The molecule has 0 radical (unpaired) electrons. The highest BCUT2D eigenvalue weighted by atomic mass is 16.5. The zero-order valence-corrected chi connectivity index (χ0v) is 9.72. The number of carboxylic acids is 1. The van der Waals surface area contributed by atoms with Gasteiger partial charge in [0, 0.05) is 38.0 Å². The Morgan fingerprint density at radius 2 is 2.12 bits per heavy atom. The Hall–Kier alpha value is -1.81.